The molecule has 0 saturated heterocycles. The first-order valence-corrected chi connectivity index (χ1v) is 6.45. The van der Waals surface area contributed by atoms with Crippen molar-refractivity contribution in [1.82, 2.24) is 9.78 Å². The van der Waals surface area contributed by atoms with Gasteiger partial charge in [0.05, 0.1) is 11.9 Å². The lowest BCUT2D eigenvalue weighted by molar-refractivity contribution is 0.278. The van der Waals surface area contributed by atoms with Gasteiger partial charge in [0.25, 0.3) is 0 Å². The maximum atomic E-state index is 6.26. The molecule has 1 aliphatic carbocycles. The minimum Gasteiger partial charge on any atom is -0.324 e. The molecule has 3 nitrogen and oxygen atoms in total. The van der Waals surface area contributed by atoms with E-state index in [2.05, 4.69) is 31.1 Å². The molecule has 1 aromatic carbocycles. The average Bonchev–Trinajstić information content (AvgIpc) is 2.72. The molecule has 94 valence electrons. The summed E-state index contributed by atoms with van der Waals surface area (Å²) < 4.78 is 2.04. The molecule has 18 heavy (non-hydrogen) atoms. The van der Waals surface area contributed by atoms with Crippen molar-refractivity contribution in [3.05, 3.63) is 47.8 Å². The van der Waals surface area contributed by atoms with Gasteiger partial charge in [0, 0.05) is 17.3 Å². The molecular weight excluding hydrogens is 222 g/mol. The van der Waals surface area contributed by atoms with Gasteiger partial charge >= 0.3 is 0 Å². The zero-order valence-electron chi connectivity index (χ0n) is 10.9. The van der Waals surface area contributed by atoms with E-state index >= 15 is 0 Å². The van der Waals surface area contributed by atoms with E-state index in [9.17, 15) is 0 Å². The van der Waals surface area contributed by atoms with Crippen LogP contribution in [0.1, 0.15) is 37.6 Å². The smallest absolute Gasteiger partial charge is 0.0648 e. The Morgan fingerprint density at radius 3 is 2.72 bits per heavy atom. The van der Waals surface area contributed by atoms with Crippen LogP contribution in [-0.2, 0) is 6.42 Å². The summed E-state index contributed by atoms with van der Waals surface area (Å²) in [6.07, 6.45) is 3.99. The van der Waals surface area contributed by atoms with E-state index in [0.29, 0.717) is 0 Å². The number of para-hydroxylation sites is 1. The van der Waals surface area contributed by atoms with Crippen LogP contribution in [0.5, 0.6) is 0 Å². The first-order valence-electron chi connectivity index (χ1n) is 6.45. The van der Waals surface area contributed by atoms with Crippen LogP contribution in [0, 0.1) is 5.41 Å². The van der Waals surface area contributed by atoms with Gasteiger partial charge in [0.1, 0.15) is 0 Å². The summed E-state index contributed by atoms with van der Waals surface area (Å²) in [5.74, 6) is 0. The molecule has 0 aliphatic heterocycles. The number of nitrogens with zero attached hydrogens (tertiary/aromatic N) is 2. The van der Waals surface area contributed by atoms with Crippen molar-refractivity contribution in [2.24, 2.45) is 11.1 Å². The fraction of sp³-hybridized carbons (Fsp3) is 0.400. The lowest BCUT2D eigenvalue weighted by atomic mass is 9.74. The quantitative estimate of drug-likeness (QED) is 0.834. The molecule has 0 unspecified atom stereocenters. The minimum atomic E-state index is 0.112. The Bertz CT molecular complexity index is 554. The van der Waals surface area contributed by atoms with E-state index in [4.69, 9.17) is 5.73 Å². The Hall–Kier alpha value is -1.61. The van der Waals surface area contributed by atoms with E-state index in [0.717, 1.165) is 18.5 Å². The molecule has 2 N–H and O–H groups in total. The summed E-state index contributed by atoms with van der Waals surface area (Å²) in [6, 6.07) is 10.4. The lowest BCUT2D eigenvalue weighted by Gasteiger charge is -2.33. The van der Waals surface area contributed by atoms with Crippen LogP contribution in [0.15, 0.2) is 36.5 Å². The zero-order valence-corrected chi connectivity index (χ0v) is 10.9. The second-order valence-electron chi connectivity index (χ2n) is 5.95. The summed E-state index contributed by atoms with van der Waals surface area (Å²) >= 11 is 0. The molecule has 0 radical (unpaired) electrons. The van der Waals surface area contributed by atoms with Crippen LogP contribution in [0.3, 0.4) is 0 Å². The van der Waals surface area contributed by atoms with Gasteiger partial charge < -0.3 is 5.73 Å². The van der Waals surface area contributed by atoms with Gasteiger partial charge in [-0.25, -0.2) is 4.68 Å². The Balaban J connectivity index is 2.10. The van der Waals surface area contributed by atoms with E-state index < -0.39 is 0 Å². The monoisotopic (exact) mass is 241 g/mol. The highest BCUT2D eigenvalue weighted by Gasteiger charge is 2.33. The molecule has 2 aromatic rings. The maximum Gasteiger partial charge on any atom is 0.0648 e. The molecule has 0 amide bonds. The van der Waals surface area contributed by atoms with E-state index in [1.807, 2.05) is 29.1 Å². The topological polar surface area (TPSA) is 43.8 Å². The maximum absolute atomic E-state index is 6.26. The second-order valence-corrected chi connectivity index (χ2v) is 5.95. The molecule has 1 heterocycles. The molecular formula is C15H19N3. The zero-order chi connectivity index (χ0) is 12.8. The largest absolute Gasteiger partial charge is 0.324 e. The number of fused-ring (bicyclic) bond motifs is 1. The minimum absolute atomic E-state index is 0.112. The van der Waals surface area contributed by atoms with Crippen molar-refractivity contribution < 1.29 is 0 Å². The predicted molar refractivity (Wildman–Crippen MR) is 72.6 cm³/mol. The van der Waals surface area contributed by atoms with Crippen LogP contribution in [-0.4, -0.2) is 9.78 Å². The van der Waals surface area contributed by atoms with E-state index in [1.165, 1.54) is 11.3 Å². The molecule has 3 heteroatoms. The fourth-order valence-electron chi connectivity index (χ4n) is 2.90. The van der Waals surface area contributed by atoms with E-state index in [-0.39, 0.29) is 11.5 Å². The molecule has 0 bridgehead atoms. The number of rotatable bonds is 1. The first-order chi connectivity index (χ1) is 8.57. The summed E-state index contributed by atoms with van der Waals surface area (Å²) in [4.78, 5) is 0. The predicted octanol–water partition coefficient (Wildman–Crippen LogP) is 2.84. The second kappa shape index (κ2) is 3.95. The van der Waals surface area contributed by atoms with Gasteiger partial charge in [0.2, 0.25) is 0 Å². The Morgan fingerprint density at radius 2 is 2.00 bits per heavy atom. The highest BCUT2D eigenvalue weighted by Crippen LogP contribution is 2.39. The Kier molecular flexibility index (Phi) is 2.52. The summed E-state index contributed by atoms with van der Waals surface area (Å²) in [7, 11) is 0. The molecule has 1 aliphatic rings. The highest BCUT2D eigenvalue weighted by atomic mass is 15.3. The van der Waals surface area contributed by atoms with Crippen LogP contribution >= 0.6 is 0 Å². The fourth-order valence-corrected chi connectivity index (χ4v) is 2.90. The number of aromatic nitrogens is 2. The third-order valence-electron chi connectivity index (χ3n) is 3.72. The first kappa shape index (κ1) is 11.5. The normalized spacial score (nSPS) is 21.6. The Morgan fingerprint density at radius 1 is 1.28 bits per heavy atom. The van der Waals surface area contributed by atoms with Crippen molar-refractivity contribution in [1.29, 1.82) is 0 Å². The van der Waals surface area contributed by atoms with Gasteiger partial charge in [-0.05, 0) is 30.4 Å². The molecule has 1 aromatic heterocycles. The lowest BCUT2D eigenvalue weighted by Crippen LogP contribution is -2.30. The van der Waals surface area contributed by atoms with Gasteiger partial charge in [-0.3, -0.25) is 0 Å². The summed E-state index contributed by atoms with van der Waals surface area (Å²) in [6.45, 7) is 4.55. The van der Waals surface area contributed by atoms with Crippen LogP contribution in [0.2, 0.25) is 0 Å². The Labute approximate surface area is 108 Å². The van der Waals surface area contributed by atoms with Crippen LogP contribution in [0.4, 0.5) is 0 Å². The molecule has 0 fully saturated rings. The number of hydrogen-bond donors (Lipinski definition) is 1. The van der Waals surface area contributed by atoms with Crippen LogP contribution in [0.25, 0.3) is 5.69 Å². The van der Waals surface area contributed by atoms with E-state index in [1.54, 1.807) is 0 Å². The number of nitrogens with two attached hydrogens (primary N) is 1. The van der Waals surface area contributed by atoms with Crippen molar-refractivity contribution >= 4 is 0 Å². The summed E-state index contributed by atoms with van der Waals surface area (Å²) in [5.41, 5.74) is 10.1. The average molecular weight is 241 g/mol. The van der Waals surface area contributed by atoms with Crippen LogP contribution < -0.4 is 5.73 Å². The van der Waals surface area contributed by atoms with Gasteiger partial charge in [-0.15, -0.1) is 0 Å². The molecule has 1 atom stereocenters. The number of hydrogen-bond acceptors (Lipinski definition) is 2. The van der Waals surface area contributed by atoms with Crippen molar-refractivity contribution in [3.63, 3.8) is 0 Å². The molecule has 3 rings (SSSR count). The van der Waals surface area contributed by atoms with Crippen molar-refractivity contribution in [2.45, 2.75) is 32.7 Å². The third kappa shape index (κ3) is 1.85. The highest BCUT2D eigenvalue weighted by molar-refractivity contribution is 5.37. The van der Waals surface area contributed by atoms with Gasteiger partial charge in [0.15, 0.2) is 0 Å². The molecule has 0 saturated carbocycles. The van der Waals surface area contributed by atoms with Gasteiger partial charge in [-0.2, -0.15) is 5.10 Å². The number of benzene rings is 1. The SMILES string of the molecule is CC1(C)Cc2c(cnn2-c2ccccc2)[C@@H](N)C1. The van der Waals surface area contributed by atoms with Gasteiger partial charge in [-0.1, -0.05) is 32.0 Å². The molecule has 0 spiro atoms. The summed E-state index contributed by atoms with van der Waals surface area (Å²) in [5, 5.41) is 4.52. The van der Waals surface area contributed by atoms with Crippen molar-refractivity contribution in [3.8, 4) is 5.69 Å². The van der Waals surface area contributed by atoms with Crippen molar-refractivity contribution in [2.75, 3.05) is 0 Å². The third-order valence-corrected chi connectivity index (χ3v) is 3.72. The standard InChI is InChI=1S/C15H19N3/c1-15(2)8-13(16)12-10-17-18(14(12)9-15)11-6-4-3-5-7-11/h3-7,10,13H,8-9,16H2,1-2H3/t13-/m0/s1.